The van der Waals surface area contributed by atoms with Gasteiger partial charge in [0.15, 0.2) is 0 Å². The third kappa shape index (κ3) is 4.44. The van der Waals surface area contributed by atoms with Gasteiger partial charge in [0.05, 0.1) is 28.0 Å². The number of nitrogens with zero attached hydrogens (tertiary/aromatic N) is 2. The fraction of sp³-hybridized carbons (Fsp3) is 0.0500. The van der Waals surface area contributed by atoms with Crippen molar-refractivity contribution in [2.24, 2.45) is 0 Å². The van der Waals surface area contributed by atoms with Gasteiger partial charge in [-0.15, -0.1) is 11.3 Å². The van der Waals surface area contributed by atoms with Crippen LogP contribution in [0.5, 0.6) is 5.75 Å². The molecule has 0 radical (unpaired) electrons. The lowest BCUT2D eigenvalue weighted by Gasteiger charge is -2.10. The molecule has 0 spiro atoms. The van der Waals surface area contributed by atoms with Crippen LogP contribution in [0.4, 0.5) is 10.5 Å². The maximum atomic E-state index is 12.8. The number of aromatic nitrogens is 2. The molecule has 32 heavy (non-hydrogen) atoms. The lowest BCUT2D eigenvalue weighted by Crippen LogP contribution is -2.33. The second-order valence-corrected chi connectivity index (χ2v) is 10.1. The number of nitrogens with one attached hydrogen (secondary N) is 2. The summed E-state index contributed by atoms with van der Waals surface area (Å²) in [5, 5.41) is 2.86. The molecule has 0 atom stereocenters. The molecule has 0 aliphatic carbocycles. The molecule has 0 aliphatic heterocycles. The Morgan fingerprint density at radius 2 is 1.88 bits per heavy atom. The molecule has 0 saturated heterocycles. The highest BCUT2D eigenvalue weighted by atomic mass is 35.5. The topological polar surface area (TPSA) is 119 Å². The molecule has 2 aromatic heterocycles. The van der Waals surface area contributed by atoms with Gasteiger partial charge in [0.25, 0.3) is 15.6 Å². The summed E-state index contributed by atoms with van der Waals surface area (Å²) in [6.45, 7) is 0. The van der Waals surface area contributed by atoms with Crippen molar-refractivity contribution in [3.63, 3.8) is 0 Å². The summed E-state index contributed by atoms with van der Waals surface area (Å²) in [6.07, 6.45) is 1.40. The predicted octanol–water partition coefficient (Wildman–Crippen LogP) is 3.62. The van der Waals surface area contributed by atoms with E-state index in [1.54, 1.807) is 30.3 Å². The molecule has 12 heteroatoms. The van der Waals surface area contributed by atoms with E-state index in [-0.39, 0.29) is 9.77 Å². The van der Waals surface area contributed by atoms with E-state index in [4.69, 9.17) is 16.3 Å². The van der Waals surface area contributed by atoms with Crippen LogP contribution in [0, 0.1) is 0 Å². The average Bonchev–Trinajstić information content (AvgIpc) is 3.21. The first-order valence-electron chi connectivity index (χ1n) is 9.02. The van der Waals surface area contributed by atoms with Gasteiger partial charge in [0, 0.05) is 11.8 Å². The number of fused-ring (bicyclic) bond motifs is 1. The van der Waals surface area contributed by atoms with Crippen LogP contribution in [-0.2, 0) is 10.0 Å². The molecule has 2 aromatic carbocycles. The monoisotopic (exact) mass is 490 g/mol. The van der Waals surface area contributed by atoms with E-state index in [1.807, 2.05) is 4.72 Å². The Labute approximate surface area is 191 Å². The van der Waals surface area contributed by atoms with Crippen molar-refractivity contribution in [1.29, 1.82) is 0 Å². The number of sulfonamides is 1. The first-order valence-corrected chi connectivity index (χ1v) is 11.7. The van der Waals surface area contributed by atoms with Gasteiger partial charge >= 0.3 is 6.03 Å². The number of benzene rings is 2. The Balaban J connectivity index is 1.51. The SMILES string of the molecule is COc1ccc2c(=O)n(-c3ccc(NC(=O)NS(=O)(=O)c4ccc(Cl)s4)cc3)cnc2c1. The highest BCUT2D eigenvalue weighted by Gasteiger charge is 2.19. The number of hydrogen-bond donors (Lipinski definition) is 2. The van der Waals surface area contributed by atoms with Crippen molar-refractivity contribution in [3.05, 3.63) is 75.6 Å². The van der Waals surface area contributed by atoms with E-state index in [0.29, 0.717) is 32.4 Å². The first-order chi connectivity index (χ1) is 15.3. The molecule has 0 aliphatic rings. The zero-order valence-corrected chi connectivity index (χ0v) is 18.8. The highest BCUT2D eigenvalue weighted by Crippen LogP contribution is 2.25. The fourth-order valence-corrected chi connectivity index (χ4v) is 5.28. The molecule has 2 heterocycles. The Morgan fingerprint density at radius 3 is 2.53 bits per heavy atom. The summed E-state index contributed by atoms with van der Waals surface area (Å²) < 4.78 is 33.0. The molecule has 2 amide bonds. The third-order valence-electron chi connectivity index (χ3n) is 4.41. The van der Waals surface area contributed by atoms with Crippen LogP contribution in [0.25, 0.3) is 16.6 Å². The van der Waals surface area contributed by atoms with Gasteiger partial charge in [-0.25, -0.2) is 22.9 Å². The lowest BCUT2D eigenvalue weighted by atomic mass is 10.2. The van der Waals surface area contributed by atoms with Crippen molar-refractivity contribution >= 4 is 55.6 Å². The van der Waals surface area contributed by atoms with Crippen LogP contribution in [0.2, 0.25) is 4.34 Å². The smallest absolute Gasteiger partial charge is 0.333 e. The largest absolute Gasteiger partial charge is 0.497 e. The number of carbonyl (C=O) groups is 1. The number of rotatable bonds is 5. The van der Waals surface area contributed by atoms with Gasteiger partial charge in [0.2, 0.25) is 0 Å². The summed E-state index contributed by atoms with van der Waals surface area (Å²) >= 11 is 6.58. The predicted molar refractivity (Wildman–Crippen MR) is 123 cm³/mol. The zero-order chi connectivity index (χ0) is 22.9. The summed E-state index contributed by atoms with van der Waals surface area (Å²) in [5.74, 6) is 0.597. The van der Waals surface area contributed by atoms with E-state index in [9.17, 15) is 18.0 Å². The molecule has 0 unspecified atom stereocenters. The number of halogens is 1. The number of carbonyl (C=O) groups excluding carboxylic acids is 1. The van der Waals surface area contributed by atoms with E-state index in [0.717, 1.165) is 11.3 Å². The Morgan fingerprint density at radius 1 is 1.12 bits per heavy atom. The Kier molecular flexibility index (Phi) is 5.87. The van der Waals surface area contributed by atoms with Gasteiger partial charge in [0.1, 0.15) is 16.3 Å². The molecule has 4 rings (SSSR count). The fourth-order valence-electron chi connectivity index (χ4n) is 2.89. The highest BCUT2D eigenvalue weighted by molar-refractivity contribution is 7.92. The molecule has 0 fully saturated rings. The van der Waals surface area contributed by atoms with Crippen LogP contribution in [0.3, 0.4) is 0 Å². The molecular weight excluding hydrogens is 476 g/mol. The van der Waals surface area contributed by atoms with E-state index in [2.05, 4.69) is 10.3 Å². The molecule has 0 bridgehead atoms. The quantitative estimate of drug-likeness (QED) is 0.441. The number of anilines is 1. The van der Waals surface area contributed by atoms with Crippen LogP contribution in [0.15, 0.2) is 69.9 Å². The summed E-state index contributed by atoms with van der Waals surface area (Å²) in [7, 11) is -2.50. The van der Waals surface area contributed by atoms with Crippen LogP contribution in [-0.4, -0.2) is 31.1 Å². The second-order valence-electron chi connectivity index (χ2n) is 6.47. The number of ether oxygens (including phenoxy) is 1. The maximum absolute atomic E-state index is 12.8. The van der Waals surface area contributed by atoms with Crippen molar-refractivity contribution in [1.82, 2.24) is 14.3 Å². The van der Waals surface area contributed by atoms with Gasteiger partial charge in [-0.1, -0.05) is 11.6 Å². The van der Waals surface area contributed by atoms with Crippen LogP contribution < -0.4 is 20.3 Å². The van der Waals surface area contributed by atoms with E-state index in [1.165, 1.54) is 42.3 Å². The Bertz CT molecular complexity index is 1480. The number of urea groups is 1. The third-order valence-corrected chi connectivity index (χ3v) is 7.46. The normalized spacial score (nSPS) is 11.3. The second kappa shape index (κ2) is 8.61. The minimum atomic E-state index is -4.03. The van der Waals surface area contributed by atoms with Crippen LogP contribution in [0.1, 0.15) is 0 Å². The summed E-state index contributed by atoms with van der Waals surface area (Å²) in [6, 6.07) is 13.1. The van der Waals surface area contributed by atoms with Crippen molar-refractivity contribution in [2.75, 3.05) is 12.4 Å². The molecular formula is C20H15ClN4O5S2. The van der Waals surface area contributed by atoms with Crippen molar-refractivity contribution < 1.29 is 17.9 Å². The Hall–Kier alpha value is -3.41. The lowest BCUT2D eigenvalue weighted by molar-refractivity contribution is 0.256. The molecule has 164 valence electrons. The number of amides is 2. The van der Waals surface area contributed by atoms with E-state index >= 15 is 0 Å². The summed E-state index contributed by atoms with van der Waals surface area (Å²) in [5.41, 5.74) is 1.09. The van der Waals surface area contributed by atoms with E-state index < -0.39 is 16.1 Å². The minimum Gasteiger partial charge on any atom is -0.497 e. The van der Waals surface area contributed by atoms with Gasteiger partial charge in [-0.3, -0.25) is 9.36 Å². The molecule has 9 nitrogen and oxygen atoms in total. The van der Waals surface area contributed by atoms with Crippen LogP contribution >= 0.6 is 22.9 Å². The molecule has 2 N–H and O–H groups in total. The minimum absolute atomic E-state index is 0.0752. The molecule has 0 saturated carbocycles. The molecule has 4 aromatic rings. The average molecular weight is 491 g/mol. The maximum Gasteiger partial charge on any atom is 0.333 e. The number of hydrogen-bond acceptors (Lipinski definition) is 7. The van der Waals surface area contributed by atoms with Gasteiger partial charge < -0.3 is 10.1 Å². The van der Waals surface area contributed by atoms with Gasteiger partial charge in [-0.05, 0) is 48.5 Å². The summed E-state index contributed by atoms with van der Waals surface area (Å²) in [4.78, 5) is 29.2. The standard InChI is InChI=1S/C20H15ClN4O5S2/c1-30-14-6-7-15-16(10-14)22-11-25(19(15)26)13-4-2-12(3-5-13)23-20(27)24-32(28,29)18-9-8-17(21)31-18/h2-11H,1H3,(H2,23,24,27). The van der Waals surface area contributed by atoms with Gasteiger partial charge in [-0.2, -0.15) is 0 Å². The number of thiophene rings is 1. The first kappa shape index (κ1) is 21.8. The zero-order valence-electron chi connectivity index (χ0n) is 16.4. The van der Waals surface area contributed by atoms with Crippen molar-refractivity contribution in [3.8, 4) is 11.4 Å². The van der Waals surface area contributed by atoms with Crippen molar-refractivity contribution in [2.45, 2.75) is 4.21 Å². The number of methoxy groups -OCH3 is 1.